The summed E-state index contributed by atoms with van der Waals surface area (Å²) in [5, 5.41) is 8.21. The predicted molar refractivity (Wildman–Crippen MR) is 41.1 cm³/mol. The van der Waals surface area contributed by atoms with Gasteiger partial charge in [-0.1, -0.05) is 12.1 Å². The van der Waals surface area contributed by atoms with Gasteiger partial charge in [0, 0.05) is 6.07 Å². The molecule has 0 heterocycles. The van der Waals surface area contributed by atoms with Crippen molar-refractivity contribution in [1.82, 2.24) is 0 Å². The predicted octanol–water partition coefficient (Wildman–Crippen LogP) is 1.70. The zero-order valence-corrected chi connectivity index (χ0v) is 6.29. The lowest BCUT2D eigenvalue weighted by Gasteiger charge is -1.99. The maximum atomic E-state index is 8.21. The Morgan fingerprint density at radius 2 is 2.55 bits per heavy atom. The molecule has 0 N–H and O–H groups in total. The monoisotopic (exact) mass is 146 g/mol. The smallest absolute Gasteiger partial charge is 0.174 e. The van der Waals surface area contributed by atoms with Crippen LogP contribution in [0, 0.1) is 24.3 Å². The van der Waals surface area contributed by atoms with Crippen LogP contribution in [0.1, 0.15) is 5.56 Å². The molecule has 0 fully saturated rings. The molecular weight excluding hydrogens is 138 g/mol. The van der Waals surface area contributed by atoms with Gasteiger partial charge in [-0.2, -0.15) is 5.26 Å². The van der Waals surface area contributed by atoms with E-state index in [2.05, 4.69) is 6.07 Å². The molecule has 11 heavy (non-hydrogen) atoms. The van der Waals surface area contributed by atoms with Gasteiger partial charge >= 0.3 is 0 Å². The number of hydrogen-bond acceptors (Lipinski definition) is 2. The first-order chi connectivity index (χ1) is 5.33. The molecule has 2 heteroatoms. The average Bonchev–Trinajstić information content (AvgIpc) is 2.01. The number of nitrogens with zero attached hydrogens (tertiary/aromatic N) is 1. The minimum atomic E-state index is 0.0833. The topological polar surface area (TPSA) is 33.0 Å². The van der Waals surface area contributed by atoms with Crippen molar-refractivity contribution in [1.29, 1.82) is 5.26 Å². The second kappa shape index (κ2) is 3.62. The van der Waals surface area contributed by atoms with E-state index in [1.54, 1.807) is 6.07 Å². The molecule has 0 aliphatic rings. The fourth-order valence-electron chi connectivity index (χ4n) is 0.745. The quantitative estimate of drug-likeness (QED) is 0.636. The summed E-state index contributed by atoms with van der Waals surface area (Å²) < 4.78 is 5.02. The summed E-state index contributed by atoms with van der Waals surface area (Å²) in [7, 11) is 0. The molecule has 1 radical (unpaired) electrons. The standard InChI is InChI=1S/C9H8NO/c1-8-3-2-4-9(7-8)11-6-5-10/h2-3,7H,6H2,1H3. The SMILES string of the molecule is Cc1cc[c]c(OCC#N)c1. The molecule has 0 aromatic heterocycles. The van der Waals surface area contributed by atoms with Crippen molar-refractivity contribution >= 4 is 0 Å². The van der Waals surface area contributed by atoms with Gasteiger partial charge in [-0.3, -0.25) is 0 Å². The van der Waals surface area contributed by atoms with E-state index in [-0.39, 0.29) is 6.61 Å². The Kier molecular flexibility index (Phi) is 2.51. The Bertz CT molecular complexity index is 275. The average molecular weight is 146 g/mol. The highest BCUT2D eigenvalue weighted by molar-refractivity contribution is 5.26. The van der Waals surface area contributed by atoms with Crippen molar-refractivity contribution in [3.05, 3.63) is 29.8 Å². The maximum absolute atomic E-state index is 8.21. The van der Waals surface area contributed by atoms with Crippen LogP contribution >= 0.6 is 0 Å². The molecule has 0 atom stereocenters. The minimum absolute atomic E-state index is 0.0833. The third-order valence-electron chi connectivity index (χ3n) is 1.22. The summed E-state index contributed by atoms with van der Waals surface area (Å²) in [5.41, 5.74) is 1.11. The Morgan fingerprint density at radius 3 is 3.18 bits per heavy atom. The van der Waals surface area contributed by atoms with Gasteiger partial charge in [-0.25, -0.2) is 0 Å². The zero-order chi connectivity index (χ0) is 8.10. The summed E-state index contributed by atoms with van der Waals surface area (Å²) in [6.07, 6.45) is 0. The molecule has 1 aromatic rings. The lowest BCUT2D eigenvalue weighted by Crippen LogP contribution is -1.93. The van der Waals surface area contributed by atoms with Crippen LogP contribution in [0.15, 0.2) is 18.2 Å². The van der Waals surface area contributed by atoms with Crippen LogP contribution in [-0.4, -0.2) is 6.61 Å². The van der Waals surface area contributed by atoms with Crippen molar-refractivity contribution in [2.24, 2.45) is 0 Å². The third-order valence-corrected chi connectivity index (χ3v) is 1.22. The van der Waals surface area contributed by atoms with Gasteiger partial charge in [-0.15, -0.1) is 0 Å². The Labute approximate surface area is 66.0 Å². The molecule has 1 aromatic carbocycles. The molecule has 0 aliphatic heterocycles. The van der Waals surface area contributed by atoms with E-state index < -0.39 is 0 Å². The number of rotatable bonds is 2. The van der Waals surface area contributed by atoms with E-state index in [0.717, 1.165) is 5.56 Å². The van der Waals surface area contributed by atoms with Crippen LogP contribution < -0.4 is 4.74 Å². The van der Waals surface area contributed by atoms with E-state index in [9.17, 15) is 0 Å². The molecule has 0 amide bonds. The fraction of sp³-hybridized carbons (Fsp3) is 0.222. The summed E-state index contributed by atoms with van der Waals surface area (Å²) in [5.74, 6) is 0.631. The molecule has 0 aliphatic carbocycles. The second-order valence-corrected chi connectivity index (χ2v) is 2.18. The van der Waals surface area contributed by atoms with Crippen molar-refractivity contribution in [3.8, 4) is 11.8 Å². The zero-order valence-electron chi connectivity index (χ0n) is 6.29. The second-order valence-electron chi connectivity index (χ2n) is 2.18. The number of ether oxygens (including phenoxy) is 1. The summed E-state index contributed by atoms with van der Waals surface area (Å²) in [6.45, 7) is 2.05. The lowest BCUT2D eigenvalue weighted by atomic mass is 10.2. The van der Waals surface area contributed by atoms with E-state index in [1.807, 2.05) is 25.1 Å². The van der Waals surface area contributed by atoms with E-state index in [4.69, 9.17) is 10.00 Å². The Hall–Kier alpha value is -1.49. The van der Waals surface area contributed by atoms with Crippen LogP contribution in [0.4, 0.5) is 0 Å². The van der Waals surface area contributed by atoms with Gasteiger partial charge in [0.05, 0.1) is 0 Å². The minimum Gasteiger partial charge on any atom is -0.478 e. The van der Waals surface area contributed by atoms with Crippen molar-refractivity contribution in [3.63, 3.8) is 0 Å². The summed E-state index contributed by atoms with van der Waals surface area (Å²) in [6, 6.07) is 10.3. The van der Waals surface area contributed by atoms with Crippen LogP contribution in [0.2, 0.25) is 0 Å². The molecule has 1 rings (SSSR count). The molecule has 55 valence electrons. The Morgan fingerprint density at radius 1 is 1.73 bits per heavy atom. The number of benzene rings is 1. The first-order valence-corrected chi connectivity index (χ1v) is 3.31. The highest BCUT2D eigenvalue weighted by Crippen LogP contribution is 2.10. The summed E-state index contributed by atoms with van der Waals surface area (Å²) >= 11 is 0. The van der Waals surface area contributed by atoms with Gasteiger partial charge < -0.3 is 4.74 Å². The number of nitriles is 1. The molecule has 2 nitrogen and oxygen atoms in total. The number of hydrogen-bond donors (Lipinski definition) is 0. The van der Waals surface area contributed by atoms with Crippen LogP contribution in [-0.2, 0) is 0 Å². The maximum Gasteiger partial charge on any atom is 0.174 e. The van der Waals surface area contributed by atoms with E-state index in [1.165, 1.54) is 0 Å². The largest absolute Gasteiger partial charge is 0.478 e. The molecule has 0 saturated carbocycles. The number of aryl methyl sites for hydroxylation is 1. The summed E-state index contributed by atoms with van der Waals surface area (Å²) in [4.78, 5) is 0. The van der Waals surface area contributed by atoms with Gasteiger partial charge in [0.25, 0.3) is 0 Å². The van der Waals surface area contributed by atoms with Crippen molar-refractivity contribution in [2.75, 3.05) is 6.61 Å². The van der Waals surface area contributed by atoms with Gasteiger partial charge in [0.1, 0.15) is 11.8 Å². The lowest BCUT2D eigenvalue weighted by molar-refractivity contribution is 0.367. The van der Waals surface area contributed by atoms with Gasteiger partial charge in [0.2, 0.25) is 0 Å². The van der Waals surface area contributed by atoms with E-state index >= 15 is 0 Å². The van der Waals surface area contributed by atoms with Crippen LogP contribution in [0.3, 0.4) is 0 Å². The van der Waals surface area contributed by atoms with E-state index in [0.29, 0.717) is 5.75 Å². The normalized spacial score (nSPS) is 8.73. The Balaban J connectivity index is 2.65. The van der Waals surface area contributed by atoms with Crippen LogP contribution in [0.25, 0.3) is 0 Å². The molecule has 0 saturated heterocycles. The first-order valence-electron chi connectivity index (χ1n) is 3.31. The first kappa shape index (κ1) is 7.62. The third kappa shape index (κ3) is 2.30. The molecule has 0 bridgehead atoms. The highest BCUT2D eigenvalue weighted by atomic mass is 16.5. The van der Waals surface area contributed by atoms with Gasteiger partial charge in [0.15, 0.2) is 6.61 Å². The fourth-order valence-corrected chi connectivity index (χ4v) is 0.745. The molecule has 0 spiro atoms. The van der Waals surface area contributed by atoms with Crippen molar-refractivity contribution in [2.45, 2.75) is 6.92 Å². The molecule has 0 unspecified atom stereocenters. The van der Waals surface area contributed by atoms with Crippen molar-refractivity contribution < 1.29 is 4.74 Å². The van der Waals surface area contributed by atoms with Gasteiger partial charge in [-0.05, 0) is 18.6 Å². The highest BCUT2D eigenvalue weighted by Gasteiger charge is 1.91. The van der Waals surface area contributed by atoms with Crippen LogP contribution in [0.5, 0.6) is 5.75 Å². The molecular formula is C9H8NO.